The predicted molar refractivity (Wildman–Crippen MR) is 95.1 cm³/mol. The van der Waals surface area contributed by atoms with Gasteiger partial charge in [0.25, 0.3) is 5.91 Å². The number of nitrogens with one attached hydrogen (secondary N) is 1. The molecule has 1 amide bonds. The third kappa shape index (κ3) is 6.20. The van der Waals surface area contributed by atoms with Gasteiger partial charge in [-0.05, 0) is 43.2 Å². The molecule has 0 saturated carbocycles. The van der Waals surface area contributed by atoms with E-state index >= 15 is 0 Å². The molecule has 2 aromatic carbocycles. The highest BCUT2D eigenvalue weighted by atomic mass is 19.1. The van der Waals surface area contributed by atoms with Crippen molar-refractivity contribution < 1.29 is 23.5 Å². The fourth-order valence-electron chi connectivity index (χ4n) is 2.21. The van der Waals surface area contributed by atoms with E-state index in [1.807, 2.05) is 31.2 Å². The van der Waals surface area contributed by atoms with Crippen molar-refractivity contribution in [2.24, 2.45) is 0 Å². The molecule has 5 nitrogen and oxygen atoms in total. The molecule has 26 heavy (non-hydrogen) atoms. The van der Waals surface area contributed by atoms with Gasteiger partial charge in [0, 0.05) is 6.54 Å². The van der Waals surface area contributed by atoms with Gasteiger partial charge in [0.05, 0.1) is 13.0 Å². The highest BCUT2D eigenvalue weighted by Crippen LogP contribution is 2.16. The van der Waals surface area contributed by atoms with E-state index in [4.69, 9.17) is 9.47 Å². The SMILES string of the molecule is Cc1ccccc1OCCC(=O)O[C@@H](C)C(=O)NCc1ccc(F)cc1. The molecule has 1 atom stereocenters. The van der Waals surface area contributed by atoms with Crippen LogP contribution in [0, 0.1) is 12.7 Å². The van der Waals surface area contributed by atoms with Crippen LogP contribution >= 0.6 is 0 Å². The Balaban J connectivity index is 1.69. The lowest BCUT2D eigenvalue weighted by atomic mass is 10.2. The number of esters is 1. The number of hydrogen-bond donors (Lipinski definition) is 1. The molecule has 0 aliphatic rings. The molecule has 6 heteroatoms. The molecule has 0 aliphatic carbocycles. The second-order valence-electron chi connectivity index (χ2n) is 5.84. The van der Waals surface area contributed by atoms with Crippen molar-refractivity contribution in [1.29, 1.82) is 0 Å². The molecule has 2 rings (SSSR count). The van der Waals surface area contributed by atoms with Crippen LogP contribution in [-0.4, -0.2) is 24.6 Å². The van der Waals surface area contributed by atoms with Crippen LogP contribution in [0.5, 0.6) is 5.75 Å². The van der Waals surface area contributed by atoms with Gasteiger partial charge in [-0.15, -0.1) is 0 Å². The Kier molecular flexibility index (Phi) is 7.14. The lowest BCUT2D eigenvalue weighted by molar-refractivity contribution is -0.155. The third-order valence-corrected chi connectivity index (χ3v) is 3.71. The summed E-state index contributed by atoms with van der Waals surface area (Å²) in [6, 6.07) is 13.3. The lowest BCUT2D eigenvalue weighted by Gasteiger charge is -2.14. The molecule has 0 aromatic heterocycles. The molecular formula is C20H22FNO4. The number of carbonyl (C=O) groups excluding carboxylic acids is 2. The fourth-order valence-corrected chi connectivity index (χ4v) is 2.21. The first-order valence-corrected chi connectivity index (χ1v) is 8.36. The quantitative estimate of drug-likeness (QED) is 0.736. The number of aryl methyl sites for hydroxylation is 1. The fraction of sp³-hybridized carbons (Fsp3) is 0.300. The van der Waals surface area contributed by atoms with Crippen LogP contribution in [0.2, 0.25) is 0 Å². The molecule has 0 spiro atoms. The Hall–Kier alpha value is -2.89. The summed E-state index contributed by atoms with van der Waals surface area (Å²) in [5, 5.41) is 2.64. The molecule has 0 bridgehead atoms. The zero-order valence-corrected chi connectivity index (χ0v) is 14.8. The molecule has 0 saturated heterocycles. The maximum absolute atomic E-state index is 12.8. The summed E-state index contributed by atoms with van der Waals surface area (Å²) in [6.07, 6.45) is -0.870. The number of amides is 1. The lowest BCUT2D eigenvalue weighted by Crippen LogP contribution is -2.35. The highest BCUT2D eigenvalue weighted by molar-refractivity contribution is 5.83. The van der Waals surface area contributed by atoms with Crippen LogP contribution in [0.4, 0.5) is 4.39 Å². The van der Waals surface area contributed by atoms with Gasteiger partial charge >= 0.3 is 5.97 Å². The average molecular weight is 359 g/mol. The van der Waals surface area contributed by atoms with Crippen LogP contribution in [0.25, 0.3) is 0 Å². The Morgan fingerprint density at radius 1 is 1.12 bits per heavy atom. The van der Waals surface area contributed by atoms with Crippen LogP contribution < -0.4 is 10.1 Å². The third-order valence-electron chi connectivity index (χ3n) is 3.71. The standard InChI is InChI=1S/C20H22FNO4/c1-14-5-3-4-6-18(14)25-12-11-19(23)26-15(2)20(24)22-13-16-7-9-17(21)10-8-16/h3-10,15H,11-13H2,1-2H3,(H,22,24)/t15-/m0/s1. The van der Waals surface area contributed by atoms with Gasteiger partial charge in [-0.25, -0.2) is 4.39 Å². The zero-order chi connectivity index (χ0) is 18.9. The maximum atomic E-state index is 12.8. The number of carbonyl (C=O) groups is 2. The maximum Gasteiger partial charge on any atom is 0.310 e. The number of halogens is 1. The van der Waals surface area contributed by atoms with Crippen molar-refractivity contribution in [2.75, 3.05) is 6.61 Å². The van der Waals surface area contributed by atoms with Crippen LogP contribution in [0.3, 0.4) is 0 Å². The minimum absolute atomic E-state index is 0.0456. The van der Waals surface area contributed by atoms with Crippen molar-refractivity contribution in [1.82, 2.24) is 5.32 Å². The molecule has 0 unspecified atom stereocenters. The van der Waals surface area contributed by atoms with Crippen LogP contribution in [0.1, 0.15) is 24.5 Å². The summed E-state index contributed by atoms with van der Waals surface area (Å²) >= 11 is 0. The van der Waals surface area contributed by atoms with Crippen molar-refractivity contribution in [3.63, 3.8) is 0 Å². The molecule has 0 aliphatic heterocycles. The van der Waals surface area contributed by atoms with Gasteiger partial charge < -0.3 is 14.8 Å². The molecule has 2 aromatic rings. The first-order valence-electron chi connectivity index (χ1n) is 8.36. The highest BCUT2D eigenvalue weighted by Gasteiger charge is 2.17. The molecule has 138 valence electrons. The van der Waals surface area contributed by atoms with E-state index in [1.165, 1.54) is 19.1 Å². The van der Waals surface area contributed by atoms with Gasteiger partial charge in [-0.2, -0.15) is 0 Å². The predicted octanol–water partition coefficient (Wildman–Crippen LogP) is 3.15. The molecule has 0 heterocycles. The number of para-hydroxylation sites is 1. The second kappa shape index (κ2) is 9.56. The Labute approximate surface area is 152 Å². The zero-order valence-electron chi connectivity index (χ0n) is 14.8. The molecule has 1 N–H and O–H groups in total. The summed E-state index contributed by atoms with van der Waals surface area (Å²) < 4.78 is 23.5. The topological polar surface area (TPSA) is 64.6 Å². The Morgan fingerprint density at radius 3 is 2.50 bits per heavy atom. The Bertz CT molecular complexity index is 746. The monoisotopic (exact) mass is 359 g/mol. The van der Waals surface area contributed by atoms with Gasteiger partial charge in [0.2, 0.25) is 0 Å². The number of benzene rings is 2. The van der Waals surface area contributed by atoms with Gasteiger partial charge in [0.15, 0.2) is 6.10 Å². The molecule has 0 fully saturated rings. The van der Waals surface area contributed by atoms with Crippen LogP contribution in [-0.2, 0) is 20.9 Å². The van der Waals surface area contributed by atoms with Crippen molar-refractivity contribution in [3.05, 3.63) is 65.5 Å². The van der Waals surface area contributed by atoms with Gasteiger partial charge in [-0.3, -0.25) is 9.59 Å². The van der Waals surface area contributed by atoms with E-state index in [0.29, 0.717) is 5.75 Å². The van der Waals surface area contributed by atoms with Crippen LogP contribution in [0.15, 0.2) is 48.5 Å². The molecule has 0 radical (unpaired) electrons. The van der Waals surface area contributed by atoms with Gasteiger partial charge in [-0.1, -0.05) is 30.3 Å². The number of rotatable bonds is 8. The normalized spacial score (nSPS) is 11.5. The minimum atomic E-state index is -0.915. The molecular weight excluding hydrogens is 337 g/mol. The van der Waals surface area contributed by atoms with E-state index in [2.05, 4.69) is 5.32 Å². The average Bonchev–Trinajstić information content (AvgIpc) is 2.62. The Morgan fingerprint density at radius 2 is 1.81 bits per heavy atom. The van der Waals surface area contributed by atoms with E-state index < -0.39 is 18.0 Å². The van der Waals surface area contributed by atoms with E-state index in [9.17, 15) is 14.0 Å². The minimum Gasteiger partial charge on any atom is -0.493 e. The largest absolute Gasteiger partial charge is 0.493 e. The van der Waals surface area contributed by atoms with Crippen molar-refractivity contribution in [3.8, 4) is 5.75 Å². The summed E-state index contributed by atoms with van der Waals surface area (Å²) in [5.41, 5.74) is 1.74. The van der Waals surface area contributed by atoms with E-state index in [-0.39, 0.29) is 25.4 Å². The summed E-state index contributed by atoms with van der Waals surface area (Å²) in [6.45, 7) is 3.83. The van der Waals surface area contributed by atoms with Crippen molar-refractivity contribution >= 4 is 11.9 Å². The first kappa shape index (κ1) is 19.4. The smallest absolute Gasteiger partial charge is 0.310 e. The number of hydrogen-bond acceptors (Lipinski definition) is 4. The van der Waals surface area contributed by atoms with E-state index in [1.54, 1.807) is 12.1 Å². The van der Waals surface area contributed by atoms with Crippen molar-refractivity contribution in [2.45, 2.75) is 32.9 Å². The number of ether oxygens (including phenoxy) is 2. The summed E-state index contributed by atoms with van der Waals surface area (Å²) in [4.78, 5) is 23.8. The first-order chi connectivity index (χ1) is 12.5. The second-order valence-corrected chi connectivity index (χ2v) is 5.84. The van der Waals surface area contributed by atoms with Gasteiger partial charge in [0.1, 0.15) is 11.6 Å². The summed E-state index contributed by atoms with van der Waals surface area (Å²) in [5.74, 6) is -0.550. The van der Waals surface area contributed by atoms with E-state index in [0.717, 1.165) is 11.1 Å². The summed E-state index contributed by atoms with van der Waals surface area (Å²) in [7, 11) is 0.